The molecule has 2 saturated carbocycles. The fraction of sp³-hybridized carbons (Fsp3) is 0.920. The first-order valence-electron chi connectivity index (χ1n) is 13.0. The maximum atomic E-state index is 11.4. The molecule has 4 unspecified atom stereocenters. The summed E-state index contributed by atoms with van der Waals surface area (Å²) < 4.78 is 32.8. The summed E-state index contributed by atoms with van der Waals surface area (Å²) in [7, 11) is 1.38. The van der Waals surface area contributed by atoms with Gasteiger partial charge in [-0.15, -0.1) is 0 Å². The van der Waals surface area contributed by atoms with Gasteiger partial charge in [0.05, 0.1) is 37.3 Å². The smallest absolute Gasteiger partial charge is 0.870 e. The number of methoxy groups -OCH3 is 1. The Kier molecular flexibility index (Phi) is 14.9. The summed E-state index contributed by atoms with van der Waals surface area (Å²) >= 11 is 0. The van der Waals surface area contributed by atoms with Gasteiger partial charge in [-0.25, -0.2) is 0 Å². The summed E-state index contributed by atoms with van der Waals surface area (Å²) in [5.41, 5.74) is 0. The zero-order valence-electron chi connectivity index (χ0n) is 21.7. The van der Waals surface area contributed by atoms with Gasteiger partial charge in [-0.1, -0.05) is 0 Å². The average Bonchev–Trinajstić information content (AvgIpc) is 3.17. The SMILES string of the molecule is COC(=O)[C@H]1CCC(OC2CCCCO2)[C@@H](O)C1.O=C1O[C@H]2C[C@@H]1CCC2OC1CCCCO1.[K+].[OH-]. The van der Waals surface area contributed by atoms with Crippen molar-refractivity contribution < 1.29 is 100.0 Å². The molecule has 5 aliphatic rings. The Morgan fingerprint density at radius 1 is 0.861 bits per heavy atom. The molecule has 0 aromatic carbocycles. The molecule has 11 heteroatoms. The Morgan fingerprint density at radius 2 is 1.47 bits per heavy atom. The molecule has 2 N–H and O–H groups in total. The fourth-order valence-corrected chi connectivity index (χ4v) is 5.53. The Labute approximate surface area is 256 Å². The Morgan fingerprint density at radius 3 is 2.03 bits per heavy atom. The molecule has 202 valence electrons. The molecule has 2 aliphatic carbocycles. The van der Waals surface area contributed by atoms with E-state index in [1.807, 2.05) is 0 Å². The molecule has 0 amide bonds. The third kappa shape index (κ3) is 9.22. The molecular weight excluding hydrogens is 499 g/mol. The molecular formula is C25H41KO10. The van der Waals surface area contributed by atoms with Crippen molar-refractivity contribution in [2.75, 3.05) is 20.3 Å². The number of rotatable bonds is 5. The first-order valence-corrected chi connectivity index (χ1v) is 13.0. The minimum absolute atomic E-state index is 0. The van der Waals surface area contributed by atoms with Crippen molar-refractivity contribution in [3.8, 4) is 0 Å². The predicted octanol–water partition coefficient (Wildman–Crippen LogP) is -0.317. The topological polar surface area (TPSA) is 140 Å². The largest absolute Gasteiger partial charge is 1.00 e. The fourth-order valence-electron chi connectivity index (χ4n) is 5.53. The zero-order chi connectivity index (χ0) is 23.9. The second kappa shape index (κ2) is 16.4. The first kappa shape index (κ1) is 32.5. The minimum Gasteiger partial charge on any atom is -0.870 e. The predicted molar refractivity (Wildman–Crippen MR) is 121 cm³/mol. The molecule has 2 bridgehead atoms. The van der Waals surface area contributed by atoms with Crippen LogP contribution < -0.4 is 51.4 Å². The van der Waals surface area contributed by atoms with Crippen LogP contribution in [-0.4, -0.2) is 79.8 Å². The van der Waals surface area contributed by atoms with Crippen LogP contribution in [0.25, 0.3) is 0 Å². The van der Waals surface area contributed by atoms with Crippen molar-refractivity contribution in [1.29, 1.82) is 0 Å². The van der Waals surface area contributed by atoms with E-state index in [1.165, 1.54) is 13.5 Å². The summed E-state index contributed by atoms with van der Waals surface area (Å²) in [6.07, 6.45) is 9.82. The quantitative estimate of drug-likeness (QED) is 0.365. The number of ether oxygens (including phenoxy) is 6. The molecule has 3 saturated heterocycles. The number of carbonyl (C=O) groups excluding carboxylic acids is 2. The van der Waals surface area contributed by atoms with Crippen molar-refractivity contribution in [3.05, 3.63) is 0 Å². The van der Waals surface area contributed by atoms with E-state index < -0.39 is 6.10 Å². The van der Waals surface area contributed by atoms with Crippen LogP contribution in [0.5, 0.6) is 0 Å². The van der Waals surface area contributed by atoms with Crippen LogP contribution >= 0.6 is 0 Å². The molecule has 0 radical (unpaired) electrons. The molecule has 0 aromatic rings. The van der Waals surface area contributed by atoms with Gasteiger partial charge in [0.25, 0.3) is 0 Å². The third-order valence-corrected chi connectivity index (χ3v) is 7.55. The molecule has 3 aliphatic heterocycles. The first-order chi connectivity index (χ1) is 16.5. The normalized spacial score (nSPS) is 37.8. The number of fused-ring (bicyclic) bond motifs is 2. The van der Waals surface area contributed by atoms with Crippen molar-refractivity contribution in [3.63, 3.8) is 0 Å². The van der Waals surface area contributed by atoms with Gasteiger partial charge in [-0.05, 0) is 70.6 Å². The number of hydrogen-bond donors (Lipinski definition) is 1. The molecule has 0 aromatic heterocycles. The molecule has 3 heterocycles. The summed E-state index contributed by atoms with van der Waals surface area (Å²) in [6, 6.07) is 0. The van der Waals surface area contributed by atoms with Gasteiger partial charge in [0, 0.05) is 19.6 Å². The average molecular weight is 541 g/mol. The monoisotopic (exact) mass is 540 g/mol. The van der Waals surface area contributed by atoms with Gasteiger partial charge in [-0.3, -0.25) is 9.59 Å². The molecule has 5 fully saturated rings. The van der Waals surface area contributed by atoms with Gasteiger partial charge in [0.1, 0.15) is 6.10 Å². The van der Waals surface area contributed by atoms with Gasteiger partial charge < -0.3 is 39.0 Å². The Bertz CT molecular complexity index is 667. The second-order valence-corrected chi connectivity index (χ2v) is 10.0. The van der Waals surface area contributed by atoms with Crippen LogP contribution in [0.1, 0.15) is 77.0 Å². The van der Waals surface area contributed by atoms with Crippen molar-refractivity contribution >= 4 is 11.9 Å². The third-order valence-electron chi connectivity index (χ3n) is 7.55. The van der Waals surface area contributed by atoms with Gasteiger partial charge in [-0.2, -0.15) is 0 Å². The maximum absolute atomic E-state index is 11.4. The molecule has 5 rings (SSSR count). The van der Waals surface area contributed by atoms with Crippen LogP contribution in [0.4, 0.5) is 0 Å². The van der Waals surface area contributed by atoms with E-state index in [1.54, 1.807) is 0 Å². The van der Waals surface area contributed by atoms with Crippen molar-refractivity contribution in [2.45, 2.75) is 114 Å². The summed E-state index contributed by atoms with van der Waals surface area (Å²) in [5.74, 6) is -0.323. The minimum atomic E-state index is -0.603. The molecule has 8 atom stereocenters. The van der Waals surface area contributed by atoms with Crippen LogP contribution in [0.15, 0.2) is 0 Å². The van der Waals surface area contributed by atoms with Gasteiger partial charge >= 0.3 is 63.3 Å². The van der Waals surface area contributed by atoms with Crippen LogP contribution in [-0.2, 0) is 38.0 Å². The molecule has 10 nitrogen and oxygen atoms in total. The van der Waals surface area contributed by atoms with E-state index in [2.05, 4.69) is 0 Å². The number of carbonyl (C=O) groups is 2. The molecule has 36 heavy (non-hydrogen) atoms. The van der Waals surface area contributed by atoms with Crippen LogP contribution in [0.3, 0.4) is 0 Å². The number of aliphatic hydroxyl groups excluding tert-OH is 1. The zero-order valence-corrected chi connectivity index (χ0v) is 24.8. The number of hydrogen-bond acceptors (Lipinski definition) is 10. The van der Waals surface area contributed by atoms with Crippen molar-refractivity contribution in [1.82, 2.24) is 0 Å². The summed E-state index contributed by atoms with van der Waals surface area (Å²) in [4.78, 5) is 22.8. The van der Waals surface area contributed by atoms with Gasteiger partial charge in [0.2, 0.25) is 0 Å². The number of esters is 2. The van der Waals surface area contributed by atoms with E-state index in [4.69, 9.17) is 28.4 Å². The van der Waals surface area contributed by atoms with E-state index >= 15 is 0 Å². The number of aliphatic hydroxyl groups is 1. The van der Waals surface area contributed by atoms with E-state index in [-0.39, 0.29) is 112 Å². The Hall–Kier alpha value is 0.336. The standard InChI is InChI=1S/C13H22O5.C12H18O4.K.H2O/c1-16-13(15)9-5-6-11(10(14)8-9)18-12-4-2-3-7-17-12;13-12-8-4-5-9(10(7-8)16-12)15-11-3-1-2-6-14-11;;/h9-12,14H,2-8H2,1H3;8-11H,1-7H2;;1H2/q;;+1;/p-1/t9-,10-,11?,12?;8-,9?,10-,11?;;/m00../s1. The second-order valence-electron chi connectivity index (χ2n) is 10.0. The van der Waals surface area contributed by atoms with E-state index in [0.29, 0.717) is 19.3 Å². The Balaban J connectivity index is 0.000000241. The molecule has 0 spiro atoms. The van der Waals surface area contributed by atoms with Crippen LogP contribution in [0.2, 0.25) is 0 Å². The summed E-state index contributed by atoms with van der Waals surface area (Å²) in [6.45, 7) is 1.53. The van der Waals surface area contributed by atoms with Crippen molar-refractivity contribution in [2.24, 2.45) is 11.8 Å². The van der Waals surface area contributed by atoms with Gasteiger partial charge in [0.15, 0.2) is 12.6 Å². The van der Waals surface area contributed by atoms with E-state index in [0.717, 1.165) is 64.6 Å². The van der Waals surface area contributed by atoms with E-state index in [9.17, 15) is 14.7 Å². The summed E-state index contributed by atoms with van der Waals surface area (Å²) in [5, 5.41) is 10.0. The van der Waals surface area contributed by atoms with Crippen LogP contribution in [0, 0.1) is 11.8 Å². The maximum Gasteiger partial charge on any atom is 1.00 e.